The van der Waals surface area contributed by atoms with Crippen LogP contribution < -0.4 is 5.32 Å². The van der Waals surface area contributed by atoms with Crippen LogP contribution in [0, 0.1) is 12.7 Å². The third kappa shape index (κ3) is 4.98. The van der Waals surface area contributed by atoms with Crippen molar-refractivity contribution < 1.29 is 4.39 Å². The lowest BCUT2D eigenvalue weighted by atomic mass is 10.0. The monoisotopic (exact) mass is 285 g/mol. The van der Waals surface area contributed by atoms with Crippen molar-refractivity contribution in [3.8, 4) is 0 Å². The zero-order valence-corrected chi connectivity index (χ0v) is 13.1. The fourth-order valence-electron chi connectivity index (χ4n) is 2.63. The fraction of sp³-hybridized carbons (Fsp3) is 0.368. The zero-order chi connectivity index (χ0) is 15.2. The Morgan fingerprint density at radius 2 is 1.81 bits per heavy atom. The van der Waals surface area contributed by atoms with Crippen molar-refractivity contribution in [1.29, 1.82) is 0 Å². The van der Waals surface area contributed by atoms with E-state index in [0.717, 1.165) is 18.4 Å². The molecule has 2 rings (SSSR count). The lowest BCUT2D eigenvalue weighted by molar-refractivity contribution is 0.455. The number of aryl methyl sites for hydroxylation is 2. The van der Waals surface area contributed by atoms with E-state index < -0.39 is 0 Å². The van der Waals surface area contributed by atoms with Gasteiger partial charge in [-0.15, -0.1) is 0 Å². The highest BCUT2D eigenvalue weighted by atomic mass is 19.1. The first-order valence-electron chi connectivity index (χ1n) is 7.61. The van der Waals surface area contributed by atoms with Gasteiger partial charge in [0.25, 0.3) is 0 Å². The molecular formula is C19H24FN. The van der Waals surface area contributed by atoms with Crippen molar-refractivity contribution in [2.75, 3.05) is 0 Å². The SMILES string of the molecule is Cc1cccc(CCC(C)N[C@H](C)c2cccc(F)c2)c1. The summed E-state index contributed by atoms with van der Waals surface area (Å²) in [6.45, 7) is 6.39. The molecule has 0 spiro atoms. The average molecular weight is 285 g/mol. The van der Waals surface area contributed by atoms with Crippen LogP contribution >= 0.6 is 0 Å². The van der Waals surface area contributed by atoms with E-state index >= 15 is 0 Å². The molecule has 0 heterocycles. The van der Waals surface area contributed by atoms with Crippen LogP contribution in [0.3, 0.4) is 0 Å². The van der Waals surface area contributed by atoms with Gasteiger partial charge in [0.1, 0.15) is 5.82 Å². The smallest absolute Gasteiger partial charge is 0.123 e. The predicted octanol–water partition coefficient (Wildman–Crippen LogP) is 4.81. The second-order valence-corrected chi connectivity index (χ2v) is 5.87. The Hall–Kier alpha value is -1.67. The number of nitrogens with one attached hydrogen (secondary N) is 1. The molecule has 0 saturated carbocycles. The summed E-state index contributed by atoms with van der Waals surface area (Å²) in [5, 5.41) is 3.54. The molecule has 1 unspecified atom stereocenters. The molecule has 112 valence electrons. The molecule has 0 aliphatic heterocycles. The number of halogens is 1. The van der Waals surface area contributed by atoms with Crippen molar-refractivity contribution in [2.45, 2.75) is 45.7 Å². The molecule has 1 nitrogen and oxygen atoms in total. The lowest BCUT2D eigenvalue weighted by Crippen LogP contribution is -2.29. The minimum absolute atomic E-state index is 0.160. The Kier molecular flexibility index (Phi) is 5.51. The normalized spacial score (nSPS) is 13.9. The summed E-state index contributed by atoms with van der Waals surface area (Å²) in [5.41, 5.74) is 3.68. The number of hydrogen-bond donors (Lipinski definition) is 1. The summed E-state index contributed by atoms with van der Waals surface area (Å²) in [7, 11) is 0. The number of hydrogen-bond acceptors (Lipinski definition) is 1. The molecule has 2 aromatic rings. The molecule has 0 aromatic heterocycles. The molecule has 0 fully saturated rings. The van der Waals surface area contributed by atoms with Gasteiger partial charge in [-0.3, -0.25) is 0 Å². The standard InChI is InChI=1S/C19H24FN/c1-14-6-4-7-17(12-14)11-10-15(2)21-16(3)18-8-5-9-19(20)13-18/h4-9,12-13,15-16,21H,10-11H2,1-3H3/t15?,16-/m1/s1. The highest BCUT2D eigenvalue weighted by Gasteiger charge is 2.10. The van der Waals surface area contributed by atoms with E-state index in [0.29, 0.717) is 6.04 Å². The van der Waals surface area contributed by atoms with Crippen molar-refractivity contribution >= 4 is 0 Å². The Balaban J connectivity index is 1.85. The number of benzene rings is 2. The van der Waals surface area contributed by atoms with Crippen LogP contribution in [0.5, 0.6) is 0 Å². The predicted molar refractivity (Wildman–Crippen MR) is 86.9 cm³/mol. The first kappa shape index (κ1) is 15.7. The summed E-state index contributed by atoms with van der Waals surface area (Å²) in [6.07, 6.45) is 2.13. The summed E-state index contributed by atoms with van der Waals surface area (Å²) < 4.78 is 13.2. The van der Waals surface area contributed by atoms with Crippen LogP contribution in [0.4, 0.5) is 4.39 Å². The van der Waals surface area contributed by atoms with Gasteiger partial charge in [-0.2, -0.15) is 0 Å². The topological polar surface area (TPSA) is 12.0 Å². The number of rotatable bonds is 6. The maximum Gasteiger partial charge on any atom is 0.123 e. The Bertz CT molecular complexity index is 579. The largest absolute Gasteiger partial charge is 0.308 e. The molecule has 0 radical (unpaired) electrons. The van der Waals surface area contributed by atoms with Gasteiger partial charge in [0.15, 0.2) is 0 Å². The molecule has 2 atom stereocenters. The molecule has 0 aliphatic carbocycles. The summed E-state index contributed by atoms with van der Waals surface area (Å²) >= 11 is 0. The first-order valence-corrected chi connectivity index (χ1v) is 7.61. The van der Waals surface area contributed by atoms with Crippen LogP contribution in [-0.4, -0.2) is 6.04 Å². The Labute approximate surface area is 127 Å². The van der Waals surface area contributed by atoms with Gasteiger partial charge in [-0.05, 0) is 56.9 Å². The highest BCUT2D eigenvalue weighted by Crippen LogP contribution is 2.15. The molecule has 0 amide bonds. The summed E-state index contributed by atoms with van der Waals surface area (Å²) in [4.78, 5) is 0. The van der Waals surface area contributed by atoms with E-state index in [-0.39, 0.29) is 11.9 Å². The Morgan fingerprint density at radius 1 is 1.05 bits per heavy atom. The summed E-state index contributed by atoms with van der Waals surface area (Å²) in [5.74, 6) is -0.173. The van der Waals surface area contributed by atoms with Crippen LogP contribution in [0.25, 0.3) is 0 Å². The van der Waals surface area contributed by atoms with E-state index in [9.17, 15) is 4.39 Å². The maximum atomic E-state index is 13.2. The van der Waals surface area contributed by atoms with Gasteiger partial charge >= 0.3 is 0 Å². The van der Waals surface area contributed by atoms with Gasteiger partial charge in [0.2, 0.25) is 0 Å². The third-order valence-electron chi connectivity index (χ3n) is 3.83. The Morgan fingerprint density at radius 3 is 2.52 bits per heavy atom. The van der Waals surface area contributed by atoms with Gasteiger partial charge < -0.3 is 5.32 Å². The van der Waals surface area contributed by atoms with Crippen molar-refractivity contribution in [3.05, 3.63) is 71.0 Å². The van der Waals surface area contributed by atoms with Gasteiger partial charge in [-0.1, -0.05) is 42.0 Å². The summed E-state index contributed by atoms with van der Waals surface area (Å²) in [6, 6.07) is 16.0. The zero-order valence-electron chi connectivity index (χ0n) is 13.1. The molecule has 0 bridgehead atoms. The highest BCUT2D eigenvalue weighted by molar-refractivity contribution is 5.22. The minimum atomic E-state index is -0.173. The van der Waals surface area contributed by atoms with Crippen LogP contribution in [0.2, 0.25) is 0 Å². The van der Waals surface area contributed by atoms with E-state index in [2.05, 4.69) is 50.4 Å². The van der Waals surface area contributed by atoms with Crippen molar-refractivity contribution in [1.82, 2.24) is 5.32 Å². The molecule has 0 saturated heterocycles. The molecule has 21 heavy (non-hydrogen) atoms. The average Bonchev–Trinajstić information content (AvgIpc) is 2.45. The van der Waals surface area contributed by atoms with Crippen molar-refractivity contribution in [2.24, 2.45) is 0 Å². The second kappa shape index (κ2) is 7.37. The van der Waals surface area contributed by atoms with Gasteiger partial charge in [-0.25, -0.2) is 4.39 Å². The molecular weight excluding hydrogens is 261 g/mol. The molecule has 2 aromatic carbocycles. The van der Waals surface area contributed by atoms with E-state index in [1.807, 2.05) is 6.07 Å². The minimum Gasteiger partial charge on any atom is -0.308 e. The third-order valence-corrected chi connectivity index (χ3v) is 3.83. The molecule has 0 aliphatic rings. The lowest BCUT2D eigenvalue weighted by Gasteiger charge is -2.20. The fourth-order valence-corrected chi connectivity index (χ4v) is 2.63. The van der Waals surface area contributed by atoms with Gasteiger partial charge in [0.05, 0.1) is 0 Å². The second-order valence-electron chi connectivity index (χ2n) is 5.87. The molecule has 1 N–H and O–H groups in total. The van der Waals surface area contributed by atoms with E-state index in [1.54, 1.807) is 12.1 Å². The van der Waals surface area contributed by atoms with E-state index in [4.69, 9.17) is 0 Å². The molecule has 2 heteroatoms. The van der Waals surface area contributed by atoms with E-state index in [1.165, 1.54) is 17.2 Å². The van der Waals surface area contributed by atoms with Crippen LogP contribution in [0.1, 0.15) is 43.0 Å². The van der Waals surface area contributed by atoms with Crippen LogP contribution in [0.15, 0.2) is 48.5 Å². The quantitative estimate of drug-likeness (QED) is 0.803. The first-order chi connectivity index (χ1) is 10.0. The van der Waals surface area contributed by atoms with Gasteiger partial charge in [0, 0.05) is 12.1 Å². The van der Waals surface area contributed by atoms with Crippen molar-refractivity contribution in [3.63, 3.8) is 0 Å². The maximum absolute atomic E-state index is 13.2. The van der Waals surface area contributed by atoms with Crippen LogP contribution in [-0.2, 0) is 6.42 Å².